The molecule has 0 amide bonds. The predicted octanol–water partition coefficient (Wildman–Crippen LogP) is 3.32. The Bertz CT molecular complexity index is 727. The number of hydrogen-bond acceptors (Lipinski definition) is 3. The van der Waals surface area contributed by atoms with Crippen LogP contribution >= 0.6 is 0 Å². The quantitative estimate of drug-likeness (QED) is 0.929. The summed E-state index contributed by atoms with van der Waals surface area (Å²) in [7, 11) is 0. The number of anilines is 1. The van der Waals surface area contributed by atoms with E-state index >= 15 is 0 Å². The minimum atomic E-state index is -0.570. The molecule has 98 valence electrons. The molecular formula is C15H9F2N3. The van der Waals surface area contributed by atoms with E-state index in [9.17, 15) is 8.78 Å². The van der Waals surface area contributed by atoms with Crippen molar-refractivity contribution in [2.75, 3.05) is 5.32 Å². The lowest BCUT2D eigenvalue weighted by Gasteiger charge is -2.09. The summed E-state index contributed by atoms with van der Waals surface area (Å²) in [6, 6.07) is 11.6. The summed E-state index contributed by atoms with van der Waals surface area (Å²) < 4.78 is 26.8. The summed E-state index contributed by atoms with van der Waals surface area (Å²) in [4.78, 5) is 0. The topological polar surface area (TPSA) is 59.6 Å². The van der Waals surface area contributed by atoms with E-state index < -0.39 is 11.6 Å². The van der Waals surface area contributed by atoms with Gasteiger partial charge in [-0.15, -0.1) is 0 Å². The third-order valence-corrected chi connectivity index (χ3v) is 2.76. The van der Waals surface area contributed by atoms with Crippen LogP contribution in [0.15, 0.2) is 36.4 Å². The minimum Gasteiger partial charge on any atom is -0.379 e. The molecule has 0 heterocycles. The summed E-state index contributed by atoms with van der Waals surface area (Å²) in [6.07, 6.45) is 0. The molecule has 0 unspecified atom stereocenters. The van der Waals surface area contributed by atoms with Gasteiger partial charge in [0, 0.05) is 6.54 Å². The van der Waals surface area contributed by atoms with Crippen LogP contribution in [0.2, 0.25) is 0 Å². The molecule has 0 fully saturated rings. The van der Waals surface area contributed by atoms with E-state index in [1.807, 2.05) is 12.1 Å². The largest absolute Gasteiger partial charge is 0.379 e. The average molecular weight is 269 g/mol. The zero-order valence-electron chi connectivity index (χ0n) is 10.3. The van der Waals surface area contributed by atoms with Gasteiger partial charge in [0.15, 0.2) is 0 Å². The van der Waals surface area contributed by atoms with Crippen molar-refractivity contribution >= 4 is 5.69 Å². The third kappa shape index (κ3) is 2.90. The van der Waals surface area contributed by atoms with E-state index in [4.69, 9.17) is 10.5 Å². The second-order valence-electron chi connectivity index (χ2n) is 4.07. The first-order chi connectivity index (χ1) is 9.63. The molecule has 0 spiro atoms. The Kier molecular flexibility index (Phi) is 3.93. The molecule has 2 rings (SSSR count). The fourth-order valence-electron chi connectivity index (χ4n) is 1.74. The molecule has 0 saturated heterocycles. The summed E-state index contributed by atoms with van der Waals surface area (Å²) in [5.74, 6) is -1.03. The monoisotopic (exact) mass is 269 g/mol. The average Bonchev–Trinajstić information content (AvgIpc) is 2.46. The predicted molar refractivity (Wildman–Crippen MR) is 69.6 cm³/mol. The molecule has 20 heavy (non-hydrogen) atoms. The Labute approximate surface area is 114 Å². The highest BCUT2D eigenvalue weighted by molar-refractivity contribution is 5.50. The van der Waals surface area contributed by atoms with Gasteiger partial charge >= 0.3 is 0 Å². The molecule has 0 aliphatic carbocycles. The molecule has 2 aromatic rings. The van der Waals surface area contributed by atoms with Crippen molar-refractivity contribution in [2.24, 2.45) is 0 Å². The van der Waals surface area contributed by atoms with Crippen LogP contribution in [0.25, 0.3) is 0 Å². The van der Waals surface area contributed by atoms with Gasteiger partial charge < -0.3 is 5.32 Å². The van der Waals surface area contributed by atoms with Crippen LogP contribution in [0, 0.1) is 34.3 Å². The van der Waals surface area contributed by atoms with Gasteiger partial charge in [-0.2, -0.15) is 10.5 Å². The normalized spacial score (nSPS) is 9.60. The fourth-order valence-corrected chi connectivity index (χ4v) is 1.74. The van der Waals surface area contributed by atoms with Gasteiger partial charge in [-0.1, -0.05) is 0 Å². The highest BCUT2D eigenvalue weighted by Crippen LogP contribution is 2.18. The number of benzene rings is 2. The lowest BCUT2D eigenvalue weighted by molar-refractivity contribution is 0.624. The lowest BCUT2D eigenvalue weighted by Crippen LogP contribution is -2.04. The molecule has 1 N–H and O–H groups in total. The number of rotatable bonds is 3. The Morgan fingerprint density at radius 3 is 2.45 bits per heavy atom. The summed E-state index contributed by atoms with van der Waals surface area (Å²) in [5.41, 5.74) is 1.18. The lowest BCUT2D eigenvalue weighted by atomic mass is 10.1. The molecule has 5 heteroatoms. The maximum absolute atomic E-state index is 13.6. The highest BCUT2D eigenvalue weighted by atomic mass is 19.1. The Morgan fingerprint density at radius 2 is 1.80 bits per heavy atom. The van der Waals surface area contributed by atoms with Gasteiger partial charge in [0.05, 0.1) is 29.0 Å². The highest BCUT2D eigenvalue weighted by Gasteiger charge is 2.06. The zero-order valence-corrected chi connectivity index (χ0v) is 10.3. The number of nitriles is 2. The molecule has 0 saturated carbocycles. The van der Waals surface area contributed by atoms with E-state index in [0.29, 0.717) is 11.1 Å². The van der Waals surface area contributed by atoms with Crippen molar-refractivity contribution in [3.8, 4) is 12.1 Å². The smallest absolute Gasteiger partial charge is 0.147 e. The van der Waals surface area contributed by atoms with Crippen LogP contribution in [0.1, 0.15) is 16.7 Å². The van der Waals surface area contributed by atoms with Crippen LogP contribution < -0.4 is 5.32 Å². The molecule has 0 bridgehead atoms. The SMILES string of the molecule is N#Cc1ccc(NCc2cc(F)ccc2C#N)c(F)c1. The second kappa shape index (κ2) is 5.81. The van der Waals surface area contributed by atoms with Gasteiger partial charge in [-0.25, -0.2) is 8.78 Å². The molecule has 2 aromatic carbocycles. The van der Waals surface area contributed by atoms with Gasteiger partial charge in [-0.3, -0.25) is 0 Å². The van der Waals surface area contributed by atoms with Crippen molar-refractivity contribution < 1.29 is 8.78 Å². The molecule has 0 aliphatic rings. The second-order valence-corrected chi connectivity index (χ2v) is 4.07. The van der Waals surface area contributed by atoms with Crippen molar-refractivity contribution in [1.82, 2.24) is 0 Å². The van der Waals surface area contributed by atoms with E-state index in [0.717, 1.165) is 6.07 Å². The Morgan fingerprint density at radius 1 is 1.00 bits per heavy atom. The van der Waals surface area contributed by atoms with Crippen molar-refractivity contribution in [1.29, 1.82) is 10.5 Å². The van der Waals surface area contributed by atoms with Crippen LogP contribution in [0.3, 0.4) is 0 Å². The van der Waals surface area contributed by atoms with Crippen LogP contribution in [-0.4, -0.2) is 0 Å². The van der Waals surface area contributed by atoms with Crippen molar-refractivity contribution in [2.45, 2.75) is 6.54 Å². The van der Waals surface area contributed by atoms with E-state index in [2.05, 4.69) is 5.32 Å². The molecule has 0 aromatic heterocycles. The molecule has 0 atom stereocenters. The van der Waals surface area contributed by atoms with Gasteiger partial charge in [0.25, 0.3) is 0 Å². The zero-order chi connectivity index (χ0) is 14.5. The fraction of sp³-hybridized carbons (Fsp3) is 0.0667. The number of hydrogen-bond donors (Lipinski definition) is 1. The van der Waals surface area contributed by atoms with Gasteiger partial charge in [0.2, 0.25) is 0 Å². The minimum absolute atomic E-state index is 0.115. The Balaban J connectivity index is 2.19. The molecule has 0 aliphatic heterocycles. The number of nitrogens with zero attached hydrogens (tertiary/aromatic N) is 2. The van der Waals surface area contributed by atoms with Crippen LogP contribution in [0.5, 0.6) is 0 Å². The number of halogens is 2. The third-order valence-electron chi connectivity index (χ3n) is 2.76. The standard InChI is InChI=1S/C15H9F2N3/c16-13-3-2-11(8-19)12(6-13)9-20-15-4-1-10(7-18)5-14(15)17/h1-6,20H,9H2. The van der Waals surface area contributed by atoms with Gasteiger partial charge in [-0.05, 0) is 42.0 Å². The van der Waals surface area contributed by atoms with E-state index in [-0.39, 0.29) is 17.8 Å². The maximum Gasteiger partial charge on any atom is 0.147 e. The first-order valence-corrected chi connectivity index (χ1v) is 5.76. The van der Waals surface area contributed by atoms with Crippen molar-refractivity contribution in [3.63, 3.8) is 0 Å². The first kappa shape index (κ1) is 13.5. The molecule has 3 nitrogen and oxygen atoms in total. The van der Waals surface area contributed by atoms with Crippen LogP contribution in [-0.2, 0) is 6.54 Å². The summed E-state index contributed by atoms with van der Waals surface area (Å²) in [6.45, 7) is 0.115. The summed E-state index contributed by atoms with van der Waals surface area (Å²) >= 11 is 0. The van der Waals surface area contributed by atoms with Crippen molar-refractivity contribution in [3.05, 3.63) is 64.7 Å². The first-order valence-electron chi connectivity index (χ1n) is 5.76. The Hall–Kier alpha value is -2.92. The number of nitrogens with one attached hydrogen (secondary N) is 1. The van der Waals surface area contributed by atoms with E-state index in [1.54, 1.807) is 0 Å². The molecule has 0 radical (unpaired) electrons. The van der Waals surface area contributed by atoms with E-state index in [1.165, 1.54) is 30.3 Å². The van der Waals surface area contributed by atoms with Crippen LogP contribution in [0.4, 0.5) is 14.5 Å². The maximum atomic E-state index is 13.6. The van der Waals surface area contributed by atoms with Gasteiger partial charge in [0.1, 0.15) is 11.6 Å². The molecular weight excluding hydrogens is 260 g/mol. The summed E-state index contributed by atoms with van der Waals surface area (Å²) in [5, 5.41) is 20.3.